The first-order chi connectivity index (χ1) is 12.1. The van der Waals surface area contributed by atoms with Gasteiger partial charge in [0.1, 0.15) is 11.5 Å². The van der Waals surface area contributed by atoms with Crippen molar-refractivity contribution in [2.45, 2.75) is 45.4 Å². The fraction of sp³-hybridized carbons (Fsp3) is 0.588. The smallest absolute Gasteiger partial charge is 0.341 e. The summed E-state index contributed by atoms with van der Waals surface area (Å²) in [5.41, 5.74) is 1.65. The first-order valence-electron chi connectivity index (χ1n) is 8.50. The van der Waals surface area contributed by atoms with Crippen molar-refractivity contribution in [2.75, 3.05) is 25.6 Å². The van der Waals surface area contributed by atoms with Crippen molar-refractivity contribution in [3.63, 3.8) is 0 Å². The van der Waals surface area contributed by atoms with E-state index in [0.717, 1.165) is 31.2 Å². The number of carbonyl (C=O) groups is 2. The summed E-state index contributed by atoms with van der Waals surface area (Å²) in [6.45, 7) is 2.06. The predicted molar refractivity (Wildman–Crippen MR) is 102 cm³/mol. The van der Waals surface area contributed by atoms with Crippen molar-refractivity contribution in [2.24, 2.45) is 0 Å². The average Bonchev–Trinajstić information content (AvgIpc) is 2.89. The second kappa shape index (κ2) is 9.72. The highest BCUT2D eigenvalue weighted by molar-refractivity contribution is 7.80. The van der Waals surface area contributed by atoms with Crippen molar-refractivity contribution in [3.8, 4) is 0 Å². The minimum Gasteiger partial charge on any atom is -0.465 e. The van der Waals surface area contributed by atoms with Crippen molar-refractivity contribution >= 4 is 45.6 Å². The Labute approximate surface area is 157 Å². The summed E-state index contributed by atoms with van der Waals surface area (Å²) in [4.78, 5) is 24.9. The summed E-state index contributed by atoms with van der Waals surface area (Å²) < 4.78 is 9.83. The molecule has 0 atom stereocenters. The van der Waals surface area contributed by atoms with E-state index in [4.69, 9.17) is 21.7 Å². The molecule has 0 bridgehead atoms. The van der Waals surface area contributed by atoms with Crippen LogP contribution in [-0.2, 0) is 27.1 Å². The number of methoxy groups -OCH3 is 1. The Morgan fingerprint density at radius 1 is 1.20 bits per heavy atom. The average molecular weight is 385 g/mol. The maximum absolute atomic E-state index is 12.3. The first kappa shape index (κ1) is 19.7. The number of aryl methyl sites for hydroxylation is 1. The second-order valence-corrected chi connectivity index (χ2v) is 7.24. The van der Waals surface area contributed by atoms with Crippen molar-refractivity contribution < 1.29 is 19.1 Å². The van der Waals surface area contributed by atoms with Crippen LogP contribution in [0.3, 0.4) is 0 Å². The van der Waals surface area contributed by atoms with Crippen LogP contribution in [0.25, 0.3) is 0 Å². The number of hydrogen-bond donors (Lipinski definition) is 2. The number of esters is 2. The van der Waals surface area contributed by atoms with Crippen LogP contribution in [0.1, 0.15) is 53.4 Å². The number of anilines is 1. The van der Waals surface area contributed by atoms with Gasteiger partial charge < -0.3 is 20.1 Å². The molecule has 0 saturated heterocycles. The molecule has 0 aliphatic heterocycles. The molecule has 1 aromatic rings. The number of carbonyl (C=O) groups excluding carboxylic acids is 2. The Bertz CT molecular complexity index is 643. The molecule has 6 nitrogen and oxygen atoms in total. The minimum atomic E-state index is -0.377. The molecular weight excluding hydrogens is 360 g/mol. The highest BCUT2D eigenvalue weighted by atomic mass is 32.1. The zero-order chi connectivity index (χ0) is 18.2. The zero-order valence-corrected chi connectivity index (χ0v) is 16.2. The van der Waals surface area contributed by atoms with Gasteiger partial charge in [0.25, 0.3) is 0 Å². The zero-order valence-electron chi connectivity index (χ0n) is 14.6. The molecule has 0 radical (unpaired) electrons. The number of hydrogen-bond acceptors (Lipinski definition) is 6. The molecule has 0 saturated carbocycles. The number of nitrogens with one attached hydrogen (secondary N) is 2. The standard InChI is InChI=1S/C17H24N2O4S2/c1-3-23-13(20)10-18-17(24)19-15-14(16(21)22-2)11-8-6-4-5-7-9-12(11)25-15/h3-10H2,1-2H3,(H2,18,19,24). The van der Waals surface area contributed by atoms with Gasteiger partial charge in [-0.05, 0) is 50.4 Å². The molecule has 25 heavy (non-hydrogen) atoms. The van der Waals surface area contributed by atoms with E-state index in [2.05, 4.69) is 10.6 Å². The van der Waals surface area contributed by atoms with Gasteiger partial charge in [-0.1, -0.05) is 12.8 Å². The third kappa shape index (κ3) is 5.40. The lowest BCUT2D eigenvalue weighted by Gasteiger charge is -2.12. The topological polar surface area (TPSA) is 76.7 Å². The molecule has 1 heterocycles. The largest absolute Gasteiger partial charge is 0.465 e. The second-order valence-electron chi connectivity index (χ2n) is 5.73. The quantitative estimate of drug-likeness (QED) is 0.597. The van der Waals surface area contributed by atoms with Crippen LogP contribution in [0.5, 0.6) is 0 Å². The molecule has 2 N–H and O–H groups in total. The number of thiophene rings is 1. The molecule has 0 unspecified atom stereocenters. The fourth-order valence-corrected chi connectivity index (χ4v) is 4.36. The van der Waals surface area contributed by atoms with E-state index in [1.807, 2.05) is 0 Å². The lowest BCUT2D eigenvalue weighted by atomic mass is 9.96. The van der Waals surface area contributed by atoms with Crippen molar-refractivity contribution in [1.29, 1.82) is 0 Å². The molecule has 138 valence electrons. The summed E-state index contributed by atoms with van der Waals surface area (Å²) in [6, 6.07) is 0. The van der Waals surface area contributed by atoms with Gasteiger partial charge in [-0.2, -0.15) is 0 Å². The van der Waals surface area contributed by atoms with Crippen LogP contribution in [0, 0.1) is 0 Å². The predicted octanol–water partition coefficient (Wildman–Crippen LogP) is 3.04. The molecule has 0 amide bonds. The van der Waals surface area contributed by atoms with Crippen LogP contribution in [0.15, 0.2) is 0 Å². The lowest BCUT2D eigenvalue weighted by Crippen LogP contribution is -2.34. The van der Waals surface area contributed by atoms with E-state index in [9.17, 15) is 9.59 Å². The van der Waals surface area contributed by atoms with Gasteiger partial charge in [0.2, 0.25) is 0 Å². The van der Waals surface area contributed by atoms with E-state index in [1.54, 1.807) is 18.3 Å². The third-order valence-electron chi connectivity index (χ3n) is 3.99. The van der Waals surface area contributed by atoms with Crippen LogP contribution < -0.4 is 10.6 Å². The molecule has 1 aliphatic rings. The van der Waals surface area contributed by atoms with E-state index >= 15 is 0 Å². The third-order valence-corrected chi connectivity index (χ3v) is 5.44. The van der Waals surface area contributed by atoms with Gasteiger partial charge >= 0.3 is 11.9 Å². The van der Waals surface area contributed by atoms with Crippen LogP contribution >= 0.6 is 23.6 Å². The number of fused-ring (bicyclic) bond motifs is 1. The maximum Gasteiger partial charge on any atom is 0.341 e. The van der Waals surface area contributed by atoms with Gasteiger partial charge in [-0.25, -0.2) is 4.79 Å². The van der Waals surface area contributed by atoms with Gasteiger partial charge in [0.15, 0.2) is 5.11 Å². The van der Waals surface area contributed by atoms with Crippen molar-refractivity contribution in [3.05, 3.63) is 16.0 Å². The summed E-state index contributed by atoms with van der Waals surface area (Å²) >= 11 is 6.79. The van der Waals surface area contributed by atoms with E-state index in [-0.39, 0.29) is 23.6 Å². The minimum absolute atomic E-state index is 0.0156. The molecule has 2 rings (SSSR count). The lowest BCUT2D eigenvalue weighted by molar-refractivity contribution is -0.141. The molecule has 1 aliphatic carbocycles. The molecule has 1 aromatic heterocycles. The van der Waals surface area contributed by atoms with E-state index < -0.39 is 0 Å². The fourth-order valence-electron chi connectivity index (χ4n) is 2.84. The van der Waals surface area contributed by atoms with Crippen LogP contribution in [-0.4, -0.2) is 37.3 Å². The Balaban J connectivity index is 2.15. The van der Waals surface area contributed by atoms with Crippen molar-refractivity contribution in [1.82, 2.24) is 5.32 Å². The number of ether oxygens (including phenoxy) is 2. The Morgan fingerprint density at radius 3 is 2.60 bits per heavy atom. The summed E-state index contributed by atoms with van der Waals surface area (Å²) in [5, 5.41) is 6.82. The highest BCUT2D eigenvalue weighted by Crippen LogP contribution is 2.37. The summed E-state index contributed by atoms with van der Waals surface area (Å²) in [7, 11) is 1.39. The molecular formula is C17H24N2O4S2. The number of rotatable bonds is 5. The van der Waals surface area contributed by atoms with Gasteiger partial charge in [0, 0.05) is 4.88 Å². The molecule has 0 fully saturated rings. The molecule has 0 aromatic carbocycles. The summed E-state index contributed by atoms with van der Waals surface area (Å²) in [6.07, 6.45) is 6.43. The molecule has 0 spiro atoms. The first-order valence-corrected chi connectivity index (χ1v) is 9.72. The van der Waals surface area contributed by atoms with Gasteiger partial charge in [-0.15, -0.1) is 11.3 Å². The van der Waals surface area contributed by atoms with Crippen LogP contribution in [0.4, 0.5) is 5.00 Å². The Hall–Kier alpha value is -1.67. The SMILES string of the molecule is CCOC(=O)CNC(=S)Nc1sc2c(c1C(=O)OC)CCCCCC2. The monoisotopic (exact) mass is 384 g/mol. The summed E-state index contributed by atoms with van der Waals surface area (Å²) in [5.74, 6) is -0.730. The van der Waals surface area contributed by atoms with E-state index in [1.165, 1.54) is 24.8 Å². The molecule has 8 heteroatoms. The Kier molecular flexibility index (Phi) is 7.64. The van der Waals surface area contributed by atoms with Gasteiger partial charge in [0.05, 0.1) is 19.3 Å². The van der Waals surface area contributed by atoms with Crippen LogP contribution in [0.2, 0.25) is 0 Å². The normalized spacial score (nSPS) is 13.8. The van der Waals surface area contributed by atoms with E-state index in [0.29, 0.717) is 17.2 Å². The maximum atomic E-state index is 12.3. The highest BCUT2D eigenvalue weighted by Gasteiger charge is 2.25. The van der Waals surface area contributed by atoms with Gasteiger partial charge in [-0.3, -0.25) is 4.79 Å². The number of thiocarbonyl (C=S) groups is 1. The Morgan fingerprint density at radius 2 is 1.92 bits per heavy atom.